The van der Waals surface area contributed by atoms with Crippen LogP contribution in [0.3, 0.4) is 0 Å². The molecule has 2 fully saturated rings. The number of hydrogen-bond donors (Lipinski definition) is 0. The fourth-order valence-electron chi connectivity index (χ4n) is 5.06. The average molecular weight is 404 g/mol. The molecular weight excluding hydrogens is 367 g/mol. The second-order valence-corrected chi connectivity index (χ2v) is 12.8. The van der Waals surface area contributed by atoms with Crippen LogP contribution in [0.5, 0.6) is 0 Å². The molecule has 0 aromatic heterocycles. The zero-order valence-corrected chi connectivity index (χ0v) is 19.3. The molecule has 0 bridgehead atoms. The van der Waals surface area contributed by atoms with Crippen LogP contribution in [0.15, 0.2) is 0 Å². The normalized spacial score (nSPS) is 29.7. The Kier molecular flexibility index (Phi) is 6.07. The summed E-state index contributed by atoms with van der Waals surface area (Å²) in [5.41, 5.74) is -2.37. The highest BCUT2D eigenvalue weighted by Gasteiger charge is 2.50. The largest absolute Gasteiger partial charge is 0.328 e. The van der Waals surface area contributed by atoms with Crippen LogP contribution >= 0.6 is 7.60 Å². The predicted molar refractivity (Wildman–Crippen MR) is 103 cm³/mol. The fraction of sp³-hybridized carbons (Fsp3) is 1.00. The van der Waals surface area contributed by atoms with E-state index in [0.717, 1.165) is 10.1 Å². The van der Waals surface area contributed by atoms with Crippen LogP contribution in [-0.2, 0) is 24.0 Å². The Morgan fingerprint density at radius 2 is 0.889 bits per heavy atom. The van der Waals surface area contributed by atoms with Crippen molar-refractivity contribution in [2.45, 2.75) is 115 Å². The Labute approximate surface area is 164 Å². The molecule has 2 heterocycles. The lowest BCUT2D eigenvalue weighted by Gasteiger charge is -2.51. The summed E-state index contributed by atoms with van der Waals surface area (Å²) in [4.78, 5) is 0. The minimum absolute atomic E-state index is 0.309. The third-order valence-corrected chi connectivity index (χ3v) is 7.15. The van der Waals surface area contributed by atoms with Crippen LogP contribution in [-0.4, -0.2) is 51.2 Å². The van der Waals surface area contributed by atoms with Crippen molar-refractivity contribution >= 4 is 7.60 Å². The van der Waals surface area contributed by atoms with Crippen LogP contribution < -0.4 is 0 Å². The first kappa shape index (κ1) is 23.3. The lowest BCUT2D eigenvalue weighted by Crippen LogP contribution is -2.60. The summed E-state index contributed by atoms with van der Waals surface area (Å²) in [5.74, 6) is 0. The summed E-state index contributed by atoms with van der Waals surface area (Å²) >= 11 is 0. The molecule has 0 spiro atoms. The van der Waals surface area contributed by atoms with E-state index in [4.69, 9.17) is 9.05 Å². The highest BCUT2D eigenvalue weighted by Crippen LogP contribution is 2.53. The van der Waals surface area contributed by atoms with Crippen molar-refractivity contribution in [1.29, 1.82) is 0 Å². The van der Waals surface area contributed by atoms with Crippen LogP contribution in [0.2, 0.25) is 0 Å². The standard InChI is InChI=1S/C19H37N2O5P/c1-16(2)10-14(11-17(3,4)20(16)22)25-27(9,24)26-15-12-18(5,6)21(23)19(7,8)13-15/h14-15H,10-13H2,1-9H3. The summed E-state index contributed by atoms with van der Waals surface area (Å²) in [6.45, 7) is 16.6. The van der Waals surface area contributed by atoms with Crippen molar-refractivity contribution in [3.63, 3.8) is 0 Å². The summed E-state index contributed by atoms with van der Waals surface area (Å²) in [7, 11) is -3.34. The van der Waals surface area contributed by atoms with Gasteiger partial charge in [0.15, 0.2) is 0 Å². The molecule has 0 aromatic carbocycles. The number of hydroxylamine groups is 4. The number of rotatable bonds is 4. The van der Waals surface area contributed by atoms with Gasteiger partial charge in [-0.2, -0.15) is 0 Å². The predicted octanol–water partition coefficient (Wildman–Crippen LogP) is 4.58. The third-order valence-electron chi connectivity index (χ3n) is 5.79. The lowest BCUT2D eigenvalue weighted by molar-refractivity contribution is -0.299. The number of hydrogen-bond acceptors (Lipinski definition) is 5. The maximum Gasteiger partial charge on any atom is 0.328 e. The molecule has 7 nitrogen and oxygen atoms in total. The van der Waals surface area contributed by atoms with Crippen LogP contribution in [0.25, 0.3) is 0 Å². The first-order valence-electron chi connectivity index (χ1n) is 9.77. The van der Waals surface area contributed by atoms with Crippen molar-refractivity contribution in [3.8, 4) is 0 Å². The zero-order valence-electron chi connectivity index (χ0n) is 18.4. The minimum Gasteiger partial charge on any atom is -0.305 e. The summed E-state index contributed by atoms with van der Waals surface area (Å²) in [6.07, 6.45) is 1.37. The van der Waals surface area contributed by atoms with E-state index in [1.54, 1.807) is 0 Å². The molecule has 0 amide bonds. The molecule has 0 unspecified atom stereocenters. The minimum atomic E-state index is -3.34. The molecule has 2 aliphatic rings. The second-order valence-electron chi connectivity index (χ2n) is 10.9. The van der Waals surface area contributed by atoms with Gasteiger partial charge in [0.05, 0.1) is 12.2 Å². The lowest BCUT2D eigenvalue weighted by atomic mass is 9.80. The molecule has 8 heteroatoms. The smallest absolute Gasteiger partial charge is 0.305 e. The topological polar surface area (TPSA) is 81.8 Å². The monoisotopic (exact) mass is 404 g/mol. The van der Waals surface area contributed by atoms with Gasteiger partial charge >= 0.3 is 7.60 Å². The Bertz CT molecular complexity index is 521. The van der Waals surface area contributed by atoms with Gasteiger partial charge in [0.1, 0.15) is 0 Å². The SMILES string of the molecule is CC1(C)CC(OP(C)(=O)OC2CC(C)(C)N([O])C(C)(C)C2)CC(C)(C)N1[O]. The zero-order chi connectivity index (χ0) is 21.1. The van der Waals surface area contributed by atoms with Gasteiger partial charge in [0.25, 0.3) is 0 Å². The van der Waals surface area contributed by atoms with Crippen molar-refractivity contribution in [2.75, 3.05) is 6.66 Å². The molecule has 0 atom stereocenters. The first-order valence-corrected chi connectivity index (χ1v) is 11.8. The van der Waals surface area contributed by atoms with E-state index in [9.17, 15) is 15.0 Å². The van der Waals surface area contributed by atoms with Gasteiger partial charge in [-0.05, 0) is 81.1 Å². The quantitative estimate of drug-likeness (QED) is 0.641. The van der Waals surface area contributed by atoms with Gasteiger partial charge in [0, 0.05) is 28.8 Å². The number of piperidine rings is 2. The molecule has 2 saturated heterocycles. The summed E-state index contributed by atoms with van der Waals surface area (Å²) in [6, 6.07) is 0. The van der Waals surface area contributed by atoms with Gasteiger partial charge in [-0.1, -0.05) is 0 Å². The van der Waals surface area contributed by atoms with Crippen molar-refractivity contribution in [2.24, 2.45) is 0 Å². The maximum atomic E-state index is 13.1. The van der Waals surface area contributed by atoms with E-state index in [-0.39, 0.29) is 12.2 Å². The fourth-order valence-corrected chi connectivity index (χ4v) is 6.49. The van der Waals surface area contributed by atoms with E-state index >= 15 is 0 Å². The van der Waals surface area contributed by atoms with Crippen LogP contribution in [0, 0.1) is 0 Å². The van der Waals surface area contributed by atoms with E-state index in [1.165, 1.54) is 6.66 Å². The van der Waals surface area contributed by atoms with Gasteiger partial charge in [-0.15, -0.1) is 20.5 Å². The molecule has 0 N–H and O–H groups in total. The van der Waals surface area contributed by atoms with Gasteiger partial charge < -0.3 is 9.05 Å². The Morgan fingerprint density at radius 3 is 1.11 bits per heavy atom. The molecular formula is C19H37N2O5P. The Balaban J connectivity index is 2.08. The highest BCUT2D eigenvalue weighted by molar-refractivity contribution is 7.53. The van der Waals surface area contributed by atoms with E-state index in [0.29, 0.717) is 25.7 Å². The van der Waals surface area contributed by atoms with E-state index in [1.807, 2.05) is 55.4 Å². The molecule has 0 aliphatic carbocycles. The van der Waals surface area contributed by atoms with Crippen LogP contribution in [0.1, 0.15) is 81.1 Å². The number of nitrogens with zero attached hydrogens (tertiary/aromatic N) is 2. The average Bonchev–Trinajstić information content (AvgIpc) is 2.39. The molecule has 158 valence electrons. The van der Waals surface area contributed by atoms with Gasteiger partial charge in [-0.25, -0.2) is 0 Å². The Morgan fingerprint density at radius 1 is 0.667 bits per heavy atom. The molecule has 2 radical (unpaired) electrons. The van der Waals surface area contributed by atoms with Crippen molar-refractivity contribution in [1.82, 2.24) is 10.1 Å². The molecule has 27 heavy (non-hydrogen) atoms. The van der Waals surface area contributed by atoms with E-state index < -0.39 is 29.8 Å². The van der Waals surface area contributed by atoms with Gasteiger partial charge in [-0.3, -0.25) is 4.57 Å². The van der Waals surface area contributed by atoms with E-state index in [2.05, 4.69) is 0 Å². The van der Waals surface area contributed by atoms with Crippen molar-refractivity contribution < 1.29 is 24.0 Å². The third kappa shape index (κ3) is 5.13. The molecule has 0 aromatic rings. The van der Waals surface area contributed by atoms with Crippen LogP contribution in [0.4, 0.5) is 0 Å². The Hall–Kier alpha value is -0.0100. The summed E-state index contributed by atoms with van der Waals surface area (Å²) < 4.78 is 25.0. The molecule has 2 aliphatic heterocycles. The van der Waals surface area contributed by atoms with Crippen molar-refractivity contribution in [3.05, 3.63) is 0 Å². The highest BCUT2D eigenvalue weighted by atomic mass is 31.2. The molecule has 0 saturated carbocycles. The maximum absolute atomic E-state index is 13.1. The second kappa shape index (κ2) is 7.05. The van der Waals surface area contributed by atoms with Gasteiger partial charge in [0.2, 0.25) is 0 Å². The molecule has 2 rings (SSSR count). The summed E-state index contributed by atoms with van der Waals surface area (Å²) in [5, 5.41) is 27.2. The first-order chi connectivity index (χ1) is 11.9.